The molecule has 1 aromatic rings. The topological polar surface area (TPSA) is 46.9 Å². The van der Waals surface area contributed by atoms with E-state index in [0.717, 1.165) is 19.4 Å². The third-order valence-corrected chi connectivity index (χ3v) is 2.00. The van der Waals surface area contributed by atoms with Crippen LogP contribution in [-0.4, -0.2) is 22.0 Å². The van der Waals surface area contributed by atoms with Crippen LogP contribution in [-0.2, 0) is 7.05 Å². The SMILES string of the molecule is CCCCCNC(=O)c1cn(C)cn1. The van der Waals surface area contributed by atoms with Gasteiger partial charge in [0, 0.05) is 19.8 Å². The zero-order valence-corrected chi connectivity index (χ0v) is 8.79. The van der Waals surface area contributed by atoms with Gasteiger partial charge < -0.3 is 9.88 Å². The summed E-state index contributed by atoms with van der Waals surface area (Å²) in [6, 6.07) is 0. The smallest absolute Gasteiger partial charge is 0.271 e. The van der Waals surface area contributed by atoms with Gasteiger partial charge in [0.05, 0.1) is 6.33 Å². The van der Waals surface area contributed by atoms with Crippen molar-refractivity contribution in [2.75, 3.05) is 6.54 Å². The Morgan fingerprint density at radius 2 is 2.36 bits per heavy atom. The molecule has 0 fully saturated rings. The Kier molecular flexibility index (Phi) is 4.16. The number of aromatic nitrogens is 2. The molecule has 1 amide bonds. The number of imidazole rings is 1. The summed E-state index contributed by atoms with van der Waals surface area (Å²) in [6.45, 7) is 2.88. The van der Waals surface area contributed by atoms with Crippen LogP contribution in [0.1, 0.15) is 36.7 Å². The summed E-state index contributed by atoms with van der Waals surface area (Å²) >= 11 is 0. The van der Waals surface area contributed by atoms with Crippen LogP contribution in [0, 0.1) is 0 Å². The van der Waals surface area contributed by atoms with Crippen LogP contribution in [0.4, 0.5) is 0 Å². The zero-order valence-electron chi connectivity index (χ0n) is 8.79. The van der Waals surface area contributed by atoms with Crippen LogP contribution in [0.2, 0.25) is 0 Å². The largest absolute Gasteiger partial charge is 0.351 e. The third kappa shape index (κ3) is 3.20. The first-order valence-corrected chi connectivity index (χ1v) is 5.00. The van der Waals surface area contributed by atoms with E-state index in [4.69, 9.17) is 0 Å². The molecule has 4 nitrogen and oxygen atoms in total. The summed E-state index contributed by atoms with van der Waals surface area (Å²) in [4.78, 5) is 15.4. The van der Waals surface area contributed by atoms with Crippen LogP contribution in [0.25, 0.3) is 0 Å². The lowest BCUT2D eigenvalue weighted by molar-refractivity contribution is 0.0948. The van der Waals surface area contributed by atoms with Gasteiger partial charge in [-0.25, -0.2) is 4.98 Å². The summed E-state index contributed by atoms with van der Waals surface area (Å²) in [6.07, 6.45) is 6.70. The number of aryl methyl sites for hydroxylation is 1. The predicted molar refractivity (Wildman–Crippen MR) is 55.1 cm³/mol. The van der Waals surface area contributed by atoms with Gasteiger partial charge in [-0.05, 0) is 6.42 Å². The second-order valence-corrected chi connectivity index (χ2v) is 3.39. The Morgan fingerprint density at radius 3 is 2.93 bits per heavy atom. The molecule has 0 bridgehead atoms. The molecule has 14 heavy (non-hydrogen) atoms. The average Bonchev–Trinajstić information content (AvgIpc) is 2.59. The van der Waals surface area contributed by atoms with Crippen molar-refractivity contribution < 1.29 is 4.79 Å². The van der Waals surface area contributed by atoms with Crippen molar-refractivity contribution >= 4 is 5.91 Å². The fourth-order valence-corrected chi connectivity index (χ4v) is 1.20. The van der Waals surface area contributed by atoms with Crippen LogP contribution in [0.3, 0.4) is 0 Å². The lowest BCUT2D eigenvalue weighted by Gasteiger charge is -2.01. The predicted octanol–water partition coefficient (Wildman–Crippen LogP) is 1.34. The van der Waals surface area contributed by atoms with E-state index in [1.54, 1.807) is 17.1 Å². The molecule has 0 spiro atoms. The number of amides is 1. The fraction of sp³-hybridized carbons (Fsp3) is 0.600. The summed E-state index contributed by atoms with van der Waals surface area (Å²) < 4.78 is 1.76. The van der Waals surface area contributed by atoms with E-state index in [1.807, 2.05) is 7.05 Å². The van der Waals surface area contributed by atoms with Gasteiger partial charge >= 0.3 is 0 Å². The molecule has 0 saturated carbocycles. The van der Waals surface area contributed by atoms with Gasteiger partial charge in [-0.3, -0.25) is 4.79 Å². The molecule has 0 aliphatic rings. The Hall–Kier alpha value is -1.32. The minimum atomic E-state index is -0.0818. The number of nitrogens with one attached hydrogen (secondary N) is 1. The molecule has 1 aromatic heterocycles. The zero-order chi connectivity index (χ0) is 10.4. The molecule has 78 valence electrons. The molecule has 1 N–H and O–H groups in total. The Morgan fingerprint density at radius 1 is 1.57 bits per heavy atom. The first-order chi connectivity index (χ1) is 6.74. The van der Waals surface area contributed by atoms with E-state index in [2.05, 4.69) is 17.2 Å². The van der Waals surface area contributed by atoms with Crippen molar-refractivity contribution in [1.82, 2.24) is 14.9 Å². The van der Waals surface area contributed by atoms with Crippen molar-refractivity contribution in [2.45, 2.75) is 26.2 Å². The quantitative estimate of drug-likeness (QED) is 0.721. The minimum absolute atomic E-state index is 0.0818. The Bertz CT molecular complexity index is 293. The lowest BCUT2D eigenvalue weighted by atomic mass is 10.2. The molecule has 0 saturated heterocycles. The van der Waals surface area contributed by atoms with E-state index in [9.17, 15) is 4.79 Å². The van der Waals surface area contributed by atoms with Gasteiger partial charge in [0.15, 0.2) is 0 Å². The molecule has 0 aliphatic carbocycles. The number of hydrogen-bond acceptors (Lipinski definition) is 2. The van der Waals surface area contributed by atoms with E-state index >= 15 is 0 Å². The monoisotopic (exact) mass is 195 g/mol. The Labute approximate surface area is 84.3 Å². The summed E-state index contributed by atoms with van der Waals surface area (Å²) in [5.74, 6) is -0.0818. The summed E-state index contributed by atoms with van der Waals surface area (Å²) in [5.41, 5.74) is 0.490. The second-order valence-electron chi connectivity index (χ2n) is 3.39. The maximum atomic E-state index is 11.4. The molecule has 0 unspecified atom stereocenters. The maximum Gasteiger partial charge on any atom is 0.271 e. The van der Waals surface area contributed by atoms with Crippen LogP contribution < -0.4 is 5.32 Å². The van der Waals surface area contributed by atoms with Crippen molar-refractivity contribution in [3.8, 4) is 0 Å². The Balaban J connectivity index is 2.29. The van der Waals surface area contributed by atoms with Crippen molar-refractivity contribution in [2.24, 2.45) is 7.05 Å². The molecular formula is C10H17N3O. The van der Waals surface area contributed by atoms with E-state index in [1.165, 1.54) is 6.42 Å². The van der Waals surface area contributed by atoms with Crippen molar-refractivity contribution in [1.29, 1.82) is 0 Å². The van der Waals surface area contributed by atoms with Gasteiger partial charge in [0.25, 0.3) is 5.91 Å². The molecule has 1 heterocycles. The first-order valence-electron chi connectivity index (χ1n) is 5.00. The normalized spacial score (nSPS) is 10.1. The number of carbonyl (C=O) groups is 1. The lowest BCUT2D eigenvalue weighted by Crippen LogP contribution is -2.24. The highest BCUT2D eigenvalue weighted by Crippen LogP contribution is 1.95. The highest BCUT2D eigenvalue weighted by atomic mass is 16.1. The van der Waals surface area contributed by atoms with Gasteiger partial charge in [-0.1, -0.05) is 19.8 Å². The number of nitrogens with zero attached hydrogens (tertiary/aromatic N) is 2. The first kappa shape index (κ1) is 10.8. The highest BCUT2D eigenvalue weighted by molar-refractivity contribution is 5.91. The maximum absolute atomic E-state index is 11.4. The molecular weight excluding hydrogens is 178 g/mol. The molecule has 1 rings (SSSR count). The van der Waals surface area contributed by atoms with Gasteiger partial charge in [-0.15, -0.1) is 0 Å². The van der Waals surface area contributed by atoms with Crippen LogP contribution in [0.15, 0.2) is 12.5 Å². The van der Waals surface area contributed by atoms with E-state index in [-0.39, 0.29) is 5.91 Å². The van der Waals surface area contributed by atoms with E-state index in [0.29, 0.717) is 5.69 Å². The second kappa shape index (κ2) is 5.42. The van der Waals surface area contributed by atoms with Gasteiger partial charge in [0.1, 0.15) is 5.69 Å². The summed E-state index contributed by atoms with van der Waals surface area (Å²) in [7, 11) is 1.85. The fourth-order valence-electron chi connectivity index (χ4n) is 1.20. The minimum Gasteiger partial charge on any atom is -0.351 e. The molecule has 0 radical (unpaired) electrons. The molecule has 4 heteroatoms. The van der Waals surface area contributed by atoms with Crippen LogP contribution >= 0.6 is 0 Å². The molecule has 0 aromatic carbocycles. The summed E-state index contributed by atoms with van der Waals surface area (Å²) in [5, 5.41) is 2.83. The van der Waals surface area contributed by atoms with Crippen molar-refractivity contribution in [3.05, 3.63) is 18.2 Å². The molecule has 0 aliphatic heterocycles. The van der Waals surface area contributed by atoms with Gasteiger partial charge in [-0.2, -0.15) is 0 Å². The van der Waals surface area contributed by atoms with Crippen LogP contribution in [0.5, 0.6) is 0 Å². The number of hydrogen-bond donors (Lipinski definition) is 1. The highest BCUT2D eigenvalue weighted by Gasteiger charge is 2.06. The number of unbranched alkanes of at least 4 members (excludes halogenated alkanes) is 2. The number of rotatable bonds is 5. The third-order valence-electron chi connectivity index (χ3n) is 2.00. The number of carbonyl (C=O) groups excluding carboxylic acids is 1. The standard InChI is InChI=1S/C10H17N3O/c1-3-4-5-6-11-10(14)9-7-13(2)8-12-9/h7-8H,3-6H2,1-2H3,(H,11,14). The van der Waals surface area contributed by atoms with Crippen molar-refractivity contribution in [3.63, 3.8) is 0 Å². The van der Waals surface area contributed by atoms with Gasteiger partial charge in [0.2, 0.25) is 0 Å². The average molecular weight is 195 g/mol. The molecule has 0 atom stereocenters. The van der Waals surface area contributed by atoms with E-state index < -0.39 is 0 Å².